The van der Waals surface area contributed by atoms with E-state index in [0.717, 1.165) is 25.7 Å². The summed E-state index contributed by atoms with van der Waals surface area (Å²) in [6.07, 6.45) is 6.29. The predicted molar refractivity (Wildman–Crippen MR) is 73.4 cm³/mol. The highest BCUT2D eigenvalue weighted by Crippen LogP contribution is 2.06. The Morgan fingerprint density at radius 2 is 2.11 bits per heavy atom. The number of aromatic nitrogens is 1. The van der Waals surface area contributed by atoms with Gasteiger partial charge in [0, 0.05) is 6.20 Å². The summed E-state index contributed by atoms with van der Waals surface area (Å²) in [4.78, 5) is 27.1. The van der Waals surface area contributed by atoms with Crippen molar-refractivity contribution < 1.29 is 9.59 Å². The van der Waals surface area contributed by atoms with Crippen LogP contribution in [0.1, 0.15) is 49.5 Å². The minimum absolute atomic E-state index is 0.294. The van der Waals surface area contributed by atoms with Gasteiger partial charge in [-0.2, -0.15) is 0 Å². The molecule has 0 unspecified atom stereocenters. The number of nitrogens with zero attached hydrogens (tertiary/aromatic N) is 1. The van der Waals surface area contributed by atoms with Crippen LogP contribution in [0.4, 0.5) is 0 Å². The Kier molecular flexibility index (Phi) is 6.57. The predicted octanol–water partition coefficient (Wildman–Crippen LogP) is 1.64. The van der Waals surface area contributed by atoms with Crippen LogP contribution in [-0.2, 0) is 4.79 Å². The third-order valence-electron chi connectivity index (χ3n) is 2.89. The Balaban J connectivity index is 2.49. The standard InChI is InChI=1S/C14H21N3O2/c1-2-3-4-5-8-11(13(15)18)17-14(19)12-9-6-7-10-16-12/h6-7,9-11H,2-5,8H2,1H3,(H2,15,18)(H,17,19)/t11-/m0/s1. The Labute approximate surface area is 113 Å². The van der Waals surface area contributed by atoms with Gasteiger partial charge in [0.15, 0.2) is 0 Å². The fourth-order valence-corrected chi connectivity index (χ4v) is 1.79. The molecule has 1 atom stereocenters. The van der Waals surface area contributed by atoms with E-state index in [1.54, 1.807) is 18.2 Å². The smallest absolute Gasteiger partial charge is 0.270 e. The van der Waals surface area contributed by atoms with E-state index < -0.39 is 11.9 Å². The minimum atomic E-state index is -0.619. The van der Waals surface area contributed by atoms with Crippen LogP contribution in [0.5, 0.6) is 0 Å². The average molecular weight is 263 g/mol. The summed E-state index contributed by atoms with van der Waals surface area (Å²) >= 11 is 0. The Hall–Kier alpha value is -1.91. The van der Waals surface area contributed by atoms with E-state index in [2.05, 4.69) is 17.2 Å². The van der Waals surface area contributed by atoms with Crippen LogP contribution in [0.2, 0.25) is 0 Å². The van der Waals surface area contributed by atoms with Gasteiger partial charge in [0.25, 0.3) is 5.91 Å². The molecule has 1 heterocycles. The summed E-state index contributed by atoms with van der Waals surface area (Å²) in [5.74, 6) is -0.860. The van der Waals surface area contributed by atoms with E-state index in [-0.39, 0.29) is 5.91 Å². The van der Waals surface area contributed by atoms with Crippen LogP contribution < -0.4 is 11.1 Å². The second-order valence-corrected chi connectivity index (χ2v) is 4.49. The molecule has 3 N–H and O–H groups in total. The fourth-order valence-electron chi connectivity index (χ4n) is 1.79. The van der Waals surface area contributed by atoms with Crippen molar-refractivity contribution in [3.63, 3.8) is 0 Å². The summed E-state index contributed by atoms with van der Waals surface area (Å²) in [7, 11) is 0. The molecule has 5 heteroatoms. The van der Waals surface area contributed by atoms with E-state index >= 15 is 0 Å². The van der Waals surface area contributed by atoms with Crippen molar-refractivity contribution in [3.05, 3.63) is 30.1 Å². The quantitative estimate of drug-likeness (QED) is 0.699. The van der Waals surface area contributed by atoms with Gasteiger partial charge in [-0.3, -0.25) is 14.6 Å². The Morgan fingerprint density at radius 3 is 2.68 bits per heavy atom. The van der Waals surface area contributed by atoms with Gasteiger partial charge in [0.2, 0.25) is 5.91 Å². The highest BCUT2D eigenvalue weighted by atomic mass is 16.2. The highest BCUT2D eigenvalue weighted by Gasteiger charge is 2.18. The minimum Gasteiger partial charge on any atom is -0.368 e. The molecule has 2 amide bonds. The monoisotopic (exact) mass is 263 g/mol. The fraction of sp³-hybridized carbons (Fsp3) is 0.500. The second-order valence-electron chi connectivity index (χ2n) is 4.49. The van der Waals surface area contributed by atoms with Gasteiger partial charge in [-0.25, -0.2) is 0 Å². The highest BCUT2D eigenvalue weighted by molar-refractivity contribution is 5.95. The van der Waals surface area contributed by atoms with Crippen LogP contribution in [0.3, 0.4) is 0 Å². The summed E-state index contributed by atoms with van der Waals surface area (Å²) < 4.78 is 0. The summed E-state index contributed by atoms with van der Waals surface area (Å²) in [5, 5.41) is 2.63. The molecule has 0 aromatic carbocycles. The number of nitrogens with one attached hydrogen (secondary N) is 1. The van der Waals surface area contributed by atoms with Crippen molar-refractivity contribution in [2.24, 2.45) is 5.73 Å². The second kappa shape index (κ2) is 8.24. The van der Waals surface area contributed by atoms with Gasteiger partial charge in [0.05, 0.1) is 0 Å². The van der Waals surface area contributed by atoms with Crippen molar-refractivity contribution in [3.8, 4) is 0 Å². The SMILES string of the molecule is CCCCCC[C@H](NC(=O)c1ccccn1)C(N)=O. The van der Waals surface area contributed by atoms with Gasteiger partial charge in [0.1, 0.15) is 11.7 Å². The van der Waals surface area contributed by atoms with E-state index in [1.807, 2.05) is 0 Å². The Bertz CT molecular complexity index is 406. The molecule has 0 radical (unpaired) electrons. The number of pyridine rings is 1. The number of carbonyl (C=O) groups is 2. The lowest BCUT2D eigenvalue weighted by Crippen LogP contribution is -2.44. The largest absolute Gasteiger partial charge is 0.368 e. The molecule has 1 aromatic rings. The van der Waals surface area contributed by atoms with E-state index in [9.17, 15) is 9.59 Å². The van der Waals surface area contributed by atoms with Crippen LogP contribution >= 0.6 is 0 Å². The number of hydrogen-bond donors (Lipinski definition) is 2. The van der Waals surface area contributed by atoms with Gasteiger partial charge in [-0.15, -0.1) is 0 Å². The molecule has 0 aliphatic carbocycles. The van der Waals surface area contributed by atoms with Crippen molar-refractivity contribution in [1.82, 2.24) is 10.3 Å². The molecule has 0 aliphatic rings. The lowest BCUT2D eigenvalue weighted by Gasteiger charge is -2.14. The van der Waals surface area contributed by atoms with Crippen LogP contribution in [0.25, 0.3) is 0 Å². The molecule has 1 aromatic heterocycles. The van der Waals surface area contributed by atoms with Gasteiger partial charge >= 0.3 is 0 Å². The van der Waals surface area contributed by atoms with Gasteiger partial charge < -0.3 is 11.1 Å². The molecule has 0 saturated heterocycles. The number of unbranched alkanes of at least 4 members (excludes halogenated alkanes) is 3. The molecule has 0 bridgehead atoms. The molecular weight excluding hydrogens is 242 g/mol. The summed E-state index contributed by atoms with van der Waals surface area (Å²) in [6.45, 7) is 2.12. The molecule has 0 spiro atoms. The van der Waals surface area contributed by atoms with Crippen molar-refractivity contribution >= 4 is 11.8 Å². The maximum Gasteiger partial charge on any atom is 0.270 e. The van der Waals surface area contributed by atoms with E-state index in [4.69, 9.17) is 5.73 Å². The van der Waals surface area contributed by atoms with Crippen molar-refractivity contribution in [2.75, 3.05) is 0 Å². The molecule has 104 valence electrons. The number of rotatable bonds is 8. The molecule has 0 aliphatic heterocycles. The molecular formula is C14H21N3O2. The first-order valence-electron chi connectivity index (χ1n) is 6.66. The van der Waals surface area contributed by atoms with Gasteiger partial charge in [-0.1, -0.05) is 38.7 Å². The first kappa shape index (κ1) is 15.1. The average Bonchev–Trinajstić information content (AvgIpc) is 2.42. The van der Waals surface area contributed by atoms with Gasteiger partial charge in [-0.05, 0) is 18.6 Å². The van der Waals surface area contributed by atoms with Crippen LogP contribution in [0.15, 0.2) is 24.4 Å². The first-order chi connectivity index (χ1) is 9.15. The zero-order valence-electron chi connectivity index (χ0n) is 11.3. The third-order valence-corrected chi connectivity index (χ3v) is 2.89. The number of nitrogens with two attached hydrogens (primary N) is 1. The lowest BCUT2D eigenvalue weighted by atomic mass is 10.1. The maximum absolute atomic E-state index is 11.9. The molecule has 1 rings (SSSR count). The molecule has 0 fully saturated rings. The Morgan fingerprint density at radius 1 is 1.32 bits per heavy atom. The van der Waals surface area contributed by atoms with E-state index in [0.29, 0.717) is 12.1 Å². The molecule has 19 heavy (non-hydrogen) atoms. The summed E-state index contributed by atoms with van der Waals surface area (Å²) in [6, 6.07) is 4.44. The van der Waals surface area contributed by atoms with Crippen LogP contribution in [0, 0.1) is 0 Å². The van der Waals surface area contributed by atoms with Crippen molar-refractivity contribution in [2.45, 2.75) is 45.1 Å². The molecule has 5 nitrogen and oxygen atoms in total. The number of carbonyl (C=O) groups excluding carboxylic acids is 2. The molecule has 0 saturated carbocycles. The number of primary amides is 1. The third kappa shape index (κ3) is 5.50. The number of amides is 2. The lowest BCUT2D eigenvalue weighted by molar-refractivity contribution is -0.120. The normalized spacial score (nSPS) is 11.8. The maximum atomic E-state index is 11.9. The zero-order chi connectivity index (χ0) is 14.1. The first-order valence-corrected chi connectivity index (χ1v) is 6.66. The number of hydrogen-bond acceptors (Lipinski definition) is 3. The summed E-state index contributed by atoms with van der Waals surface area (Å²) in [5.41, 5.74) is 5.60. The topological polar surface area (TPSA) is 85.1 Å². The van der Waals surface area contributed by atoms with E-state index in [1.165, 1.54) is 6.20 Å². The van der Waals surface area contributed by atoms with Crippen molar-refractivity contribution in [1.29, 1.82) is 0 Å². The zero-order valence-corrected chi connectivity index (χ0v) is 11.3. The van der Waals surface area contributed by atoms with Crippen LogP contribution in [-0.4, -0.2) is 22.8 Å².